The Hall–Kier alpha value is -0.740. The number of aliphatic hydroxyl groups is 1. The molecule has 5 N–H and O–H groups in total. The summed E-state index contributed by atoms with van der Waals surface area (Å²) in [6, 6.07) is 0. The molecule has 6 nitrogen and oxygen atoms in total. The Morgan fingerprint density at radius 3 is 1.48 bits per heavy atom. The van der Waals surface area contributed by atoms with Gasteiger partial charge in [0.25, 0.3) is 0 Å². The average Bonchev–Trinajstić information content (AvgIpc) is 2.59. The topological polar surface area (TPSA) is 118 Å². The molecule has 2 rings (SSSR count). The van der Waals surface area contributed by atoms with E-state index in [0.29, 0.717) is 33.4 Å². The molecule has 0 saturated heterocycles. The summed E-state index contributed by atoms with van der Waals surface area (Å²) in [4.78, 5) is 8.02. The molecule has 0 aliphatic carbocycles. The Morgan fingerprint density at radius 2 is 1.15 bits per heavy atom. The third-order valence-corrected chi connectivity index (χ3v) is 5.21. The van der Waals surface area contributed by atoms with Crippen LogP contribution >= 0.6 is 47.8 Å². The lowest BCUT2D eigenvalue weighted by Gasteiger charge is -2.07. The van der Waals surface area contributed by atoms with Crippen LogP contribution in [0.5, 0.6) is 11.5 Å². The highest BCUT2D eigenvalue weighted by Gasteiger charge is 2.09. The van der Waals surface area contributed by atoms with Crippen LogP contribution in [0.1, 0.15) is 48.5 Å². The van der Waals surface area contributed by atoms with E-state index in [1.165, 1.54) is 0 Å². The normalized spacial score (nSPS) is 9.11. The van der Waals surface area contributed by atoms with Gasteiger partial charge in [0.1, 0.15) is 11.5 Å². The fourth-order valence-corrected chi connectivity index (χ4v) is 3.52. The van der Waals surface area contributed by atoms with Gasteiger partial charge in [0.05, 0.1) is 18.0 Å². The minimum absolute atomic E-state index is 0. The van der Waals surface area contributed by atoms with Gasteiger partial charge in [-0.25, -0.2) is 0 Å². The highest BCUT2D eigenvalue weighted by molar-refractivity contribution is 9.09. The van der Waals surface area contributed by atoms with Crippen LogP contribution in [0.15, 0.2) is 12.4 Å². The smallest absolute Gasteiger partial charge is 0.142 e. The Bertz CT molecular complexity index is 641. The van der Waals surface area contributed by atoms with Crippen LogP contribution in [0.2, 0.25) is 0 Å². The molecule has 9 heteroatoms. The lowest BCUT2D eigenvalue weighted by molar-refractivity contribution is 0.274. The number of pyridine rings is 2. The van der Waals surface area contributed by atoms with E-state index < -0.39 is 0 Å². The summed E-state index contributed by atoms with van der Waals surface area (Å²) in [5, 5.41) is 30.0. The van der Waals surface area contributed by atoms with Crippen molar-refractivity contribution in [3.8, 4) is 11.5 Å². The minimum atomic E-state index is -0.157. The fourth-order valence-electron chi connectivity index (χ4n) is 1.92. The van der Waals surface area contributed by atoms with Gasteiger partial charge in [0.2, 0.25) is 0 Å². The highest BCUT2D eigenvalue weighted by atomic mass is 79.9. The monoisotopic (exact) mass is 574 g/mol. The first kappa shape index (κ1) is 31.0. The first-order valence-electron chi connectivity index (χ1n) is 7.02. The van der Waals surface area contributed by atoms with Crippen LogP contribution in [0.3, 0.4) is 0 Å². The van der Waals surface area contributed by atoms with Crippen molar-refractivity contribution in [1.82, 2.24) is 9.97 Å². The van der Waals surface area contributed by atoms with E-state index >= 15 is 0 Å². The SMILES string of the molecule is C.C.Cc1ncc(CBr)c(CBr)c1O.Cc1ncc(CBr)c(CO)c1O.O. The van der Waals surface area contributed by atoms with Crippen LogP contribution in [-0.4, -0.2) is 30.8 Å². The molecule has 0 amide bonds. The maximum absolute atomic E-state index is 9.60. The van der Waals surface area contributed by atoms with Crippen molar-refractivity contribution in [3.63, 3.8) is 0 Å². The second-order valence-electron chi connectivity index (χ2n) is 4.95. The van der Waals surface area contributed by atoms with Crippen LogP contribution in [-0.2, 0) is 22.6 Å². The van der Waals surface area contributed by atoms with Crippen LogP contribution < -0.4 is 0 Å². The van der Waals surface area contributed by atoms with Gasteiger partial charge >= 0.3 is 0 Å². The van der Waals surface area contributed by atoms with Crippen molar-refractivity contribution >= 4 is 47.8 Å². The molecule has 0 unspecified atom stereocenters. The number of aliphatic hydroxyl groups excluding tert-OH is 1. The Balaban J connectivity index is -0.000000384. The number of alkyl halides is 3. The van der Waals surface area contributed by atoms with Gasteiger partial charge < -0.3 is 20.8 Å². The number of hydrogen-bond acceptors (Lipinski definition) is 5. The Labute approximate surface area is 186 Å². The number of rotatable bonds is 4. The van der Waals surface area contributed by atoms with Crippen LogP contribution in [0.25, 0.3) is 0 Å². The highest BCUT2D eigenvalue weighted by Crippen LogP contribution is 2.27. The van der Waals surface area contributed by atoms with Gasteiger partial charge in [-0.2, -0.15) is 0 Å². The van der Waals surface area contributed by atoms with Gasteiger partial charge in [0.15, 0.2) is 0 Å². The molecule has 2 heterocycles. The quantitative estimate of drug-likeness (QED) is 0.451. The van der Waals surface area contributed by atoms with Crippen molar-refractivity contribution in [3.05, 3.63) is 46.0 Å². The van der Waals surface area contributed by atoms with Crippen molar-refractivity contribution < 1.29 is 20.8 Å². The third-order valence-electron chi connectivity index (χ3n) is 3.44. The largest absolute Gasteiger partial charge is 0.506 e. The van der Waals surface area contributed by atoms with E-state index in [9.17, 15) is 10.2 Å². The van der Waals surface area contributed by atoms with Gasteiger partial charge in [-0.05, 0) is 25.0 Å². The Kier molecular flexibility index (Phi) is 17.5. The lowest BCUT2D eigenvalue weighted by atomic mass is 10.1. The molecule has 27 heavy (non-hydrogen) atoms. The molecule has 0 spiro atoms. The molecule has 2 aromatic rings. The van der Waals surface area contributed by atoms with Crippen molar-refractivity contribution in [2.75, 3.05) is 0 Å². The fraction of sp³-hybridized carbons (Fsp3) is 0.444. The zero-order valence-electron chi connectivity index (χ0n) is 13.9. The first-order chi connectivity index (χ1) is 11.4. The van der Waals surface area contributed by atoms with Crippen LogP contribution in [0.4, 0.5) is 0 Å². The number of halogens is 3. The summed E-state index contributed by atoms with van der Waals surface area (Å²) < 4.78 is 0. The summed E-state index contributed by atoms with van der Waals surface area (Å²) in [6.45, 7) is 3.34. The molecule has 0 aliphatic rings. The molecule has 0 atom stereocenters. The zero-order chi connectivity index (χ0) is 18.3. The third kappa shape index (κ3) is 8.03. The predicted molar refractivity (Wildman–Crippen MR) is 122 cm³/mol. The molecule has 2 aromatic heterocycles. The van der Waals surface area contributed by atoms with E-state index in [2.05, 4.69) is 57.8 Å². The summed E-state index contributed by atoms with van der Waals surface area (Å²) in [6.07, 6.45) is 3.43. The predicted octanol–water partition coefficient (Wildman–Crippen LogP) is 4.82. The summed E-state index contributed by atoms with van der Waals surface area (Å²) in [7, 11) is 0. The zero-order valence-corrected chi connectivity index (χ0v) is 18.6. The number of hydrogen-bond donors (Lipinski definition) is 3. The maximum atomic E-state index is 9.60. The second-order valence-corrected chi connectivity index (χ2v) is 6.63. The van der Waals surface area contributed by atoms with Gasteiger partial charge in [-0.15, -0.1) is 0 Å². The molecular weight excluding hydrogens is 548 g/mol. The van der Waals surface area contributed by atoms with Gasteiger partial charge in [-0.3, -0.25) is 9.97 Å². The Morgan fingerprint density at radius 1 is 0.778 bits per heavy atom. The molecule has 0 radical (unpaired) electrons. The van der Waals surface area contributed by atoms with E-state index in [1.807, 2.05) is 0 Å². The number of nitrogens with zero attached hydrogens (tertiary/aromatic N) is 2. The summed E-state index contributed by atoms with van der Waals surface area (Å²) in [5.41, 5.74) is 4.53. The van der Waals surface area contributed by atoms with E-state index in [-0.39, 0.29) is 32.7 Å². The molecule has 156 valence electrons. The first-order valence-corrected chi connectivity index (χ1v) is 10.4. The molecule has 0 bridgehead atoms. The van der Waals surface area contributed by atoms with Gasteiger partial charge in [0, 0.05) is 39.5 Å². The standard InChI is InChI=1S/C8H9Br2NO.C8H10BrNO2.2CH4.H2O/c1-5-8(12)7(3-10)6(2-9)4-11-5;1-5-8(12)7(4-11)6(2-9)3-10-5;;;/h4,12H,2-3H2,1H3;3,11-12H,2,4H2,1H3;2*1H4;1H2. The maximum Gasteiger partial charge on any atom is 0.142 e. The molecular formula is C18H29Br3N2O4. The van der Waals surface area contributed by atoms with E-state index in [4.69, 9.17) is 5.11 Å². The second kappa shape index (κ2) is 15.2. The average molecular weight is 577 g/mol. The molecule has 0 saturated carbocycles. The summed E-state index contributed by atoms with van der Waals surface area (Å²) >= 11 is 9.91. The number of aromatic hydroxyl groups is 2. The lowest BCUT2D eigenvalue weighted by Crippen LogP contribution is -1.96. The van der Waals surface area contributed by atoms with Crippen molar-refractivity contribution in [2.45, 2.75) is 51.3 Å². The minimum Gasteiger partial charge on any atom is -0.506 e. The number of aryl methyl sites for hydroxylation is 2. The molecule has 0 aromatic carbocycles. The number of aromatic nitrogens is 2. The van der Waals surface area contributed by atoms with Gasteiger partial charge in [-0.1, -0.05) is 62.6 Å². The van der Waals surface area contributed by atoms with Crippen molar-refractivity contribution in [2.24, 2.45) is 0 Å². The van der Waals surface area contributed by atoms with E-state index in [0.717, 1.165) is 22.0 Å². The summed E-state index contributed by atoms with van der Waals surface area (Å²) in [5.74, 6) is 0.387. The van der Waals surface area contributed by atoms with Crippen molar-refractivity contribution in [1.29, 1.82) is 0 Å². The van der Waals surface area contributed by atoms with Crippen LogP contribution in [0, 0.1) is 13.8 Å². The molecule has 0 aliphatic heterocycles. The molecule has 0 fully saturated rings. The van der Waals surface area contributed by atoms with E-state index in [1.54, 1.807) is 26.2 Å².